The van der Waals surface area contributed by atoms with Gasteiger partial charge in [-0.1, -0.05) is 24.3 Å². The first kappa shape index (κ1) is 11.7. The standard InChI is InChI=1S/C15H20N2O/c16-14(12-5-6-12)9-15(18)17-8-7-11-3-1-2-4-13(11)10-17/h1-4,12,14H,5-10,16H2. The molecule has 2 N–H and O–H groups in total. The molecular formula is C15H20N2O. The number of hydrogen-bond acceptors (Lipinski definition) is 2. The predicted molar refractivity (Wildman–Crippen MR) is 70.9 cm³/mol. The van der Waals surface area contributed by atoms with E-state index in [2.05, 4.69) is 18.2 Å². The first-order valence-electron chi connectivity index (χ1n) is 6.84. The van der Waals surface area contributed by atoms with Gasteiger partial charge in [0.15, 0.2) is 0 Å². The Balaban J connectivity index is 1.62. The molecule has 96 valence electrons. The van der Waals surface area contributed by atoms with Gasteiger partial charge in [-0.3, -0.25) is 4.79 Å². The van der Waals surface area contributed by atoms with Crippen molar-refractivity contribution in [3.63, 3.8) is 0 Å². The highest BCUT2D eigenvalue weighted by molar-refractivity contribution is 5.77. The summed E-state index contributed by atoms with van der Waals surface area (Å²) in [7, 11) is 0. The van der Waals surface area contributed by atoms with Crippen LogP contribution in [-0.4, -0.2) is 23.4 Å². The maximum Gasteiger partial charge on any atom is 0.224 e. The van der Waals surface area contributed by atoms with Crippen molar-refractivity contribution in [1.82, 2.24) is 4.90 Å². The zero-order valence-corrected chi connectivity index (χ0v) is 10.6. The van der Waals surface area contributed by atoms with Crippen molar-refractivity contribution >= 4 is 5.91 Å². The second-order valence-electron chi connectivity index (χ2n) is 5.54. The minimum absolute atomic E-state index is 0.0784. The van der Waals surface area contributed by atoms with E-state index in [1.165, 1.54) is 24.0 Å². The van der Waals surface area contributed by atoms with Gasteiger partial charge in [-0.05, 0) is 36.3 Å². The highest BCUT2D eigenvalue weighted by Gasteiger charge is 2.31. The fourth-order valence-electron chi connectivity index (χ4n) is 2.73. The molecule has 0 radical (unpaired) electrons. The SMILES string of the molecule is NC(CC(=O)N1CCc2ccccc2C1)C1CC1. The number of nitrogens with zero attached hydrogens (tertiary/aromatic N) is 1. The molecule has 1 aromatic carbocycles. The van der Waals surface area contributed by atoms with Crippen molar-refractivity contribution in [2.24, 2.45) is 11.7 Å². The van der Waals surface area contributed by atoms with E-state index >= 15 is 0 Å². The molecule has 3 rings (SSSR count). The molecule has 1 amide bonds. The molecule has 0 spiro atoms. The molecule has 1 aliphatic carbocycles. The topological polar surface area (TPSA) is 46.3 Å². The molecule has 0 bridgehead atoms. The van der Waals surface area contributed by atoms with Crippen molar-refractivity contribution in [2.45, 2.75) is 38.3 Å². The molecule has 1 atom stereocenters. The van der Waals surface area contributed by atoms with Gasteiger partial charge in [-0.2, -0.15) is 0 Å². The summed E-state index contributed by atoms with van der Waals surface area (Å²) in [6, 6.07) is 8.47. The van der Waals surface area contributed by atoms with Crippen molar-refractivity contribution in [2.75, 3.05) is 6.54 Å². The molecule has 1 aliphatic heterocycles. The second kappa shape index (κ2) is 4.73. The van der Waals surface area contributed by atoms with Crippen LogP contribution in [0, 0.1) is 5.92 Å². The van der Waals surface area contributed by atoms with E-state index in [0.717, 1.165) is 19.5 Å². The van der Waals surface area contributed by atoms with Gasteiger partial charge in [0, 0.05) is 25.6 Å². The van der Waals surface area contributed by atoms with Crippen LogP contribution < -0.4 is 5.73 Å². The van der Waals surface area contributed by atoms with Gasteiger partial charge < -0.3 is 10.6 Å². The van der Waals surface area contributed by atoms with Crippen LogP contribution in [0.3, 0.4) is 0 Å². The summed E-state index contributed by atoms with van der Waals surface area (Å²) in [5.41, 5.74) is 8.71. The number of fused-ring (bicyclic) bond motifs is 1. The van der Waals surface area contributed by atoms with E-state index in [9.17, 15) is 4.79 Å². The number of nitrogens with two attached hydrogens (primary N) is 1. The molecule has 1 fully saturated rings. The first-order valence-corrected chi connectivity index (χ1v) is 6.84. The highest BCUT2D eigenvalue weighted by Crippen LogP contribution is 2.33. The Morgan fingerprint density at radius 2 is 2.06 bits per heavy atom. The lowest BCUT2D eigenvalue weighted by atomic mass is 9.99. The number of hydrogen-bond donors (Lipinski definition) is 1. The number of rotatable bonds is 3. The predicted octanol–water partition coefficient (Wildman–Crippen LogP) is 1.70. The van der Waals surface area contributed by atoms with E-state index < -0.39 is 0 Å². The smallest absolute Gasteiger partial charge is 0.224 e. The summed E-state index contributed by atoms with van der Waals surface area (Å²) in [5.74, 6) is 0.829. The fourth-order valence-corrected chi connectivity index (χ4v) is 2.73. The average Bonchev–Trinajstić information content (AvgIpc) is 3.22. The highest BCUT2D eigenvalue weighted by atomic mass is 16.2. The van der Waals surface area contributed by atoms with Crippen LogP contribution in [0.25, 0.3) is 0 Å². The van der Waals surface area contributed by atoms with Crippen molar-refractivity contribution in [1.29, 1.82) is 0 Å². The summed E-state index contributed by atoms with van der Waals surface area (Å²) in [6.07, 6.45) is 3.90. The Bertz CT molecular complexity index is 454. The molecule has 3 nitrogen and oxygen atoms in total. The molecule has 2 aliphatic rings. The molecule has 1 unspecified atom stereocenters. The van der Waals surface area contributed by atoms with E-state index in [-0.39, 0.29) is 11.9 Å². The molecular weight excluding hydrogens is 224 g/mol. The van der Waals surface area contributed by atoms with Crippen LogP contribution in [0.5, 0.6) is 0 Å². The summed E-state index contributed by atoms with van der Waals surface area (Å²) >= 11 is 0. The molecule has 1 heterocycles. The van der Waals surface area contributed by atoms with E-state index in [0.29, 0.717) is 12.3 Å². The van der Waals surface area contributed by atoms with Gasteiger partial charge >= 0.3 is 0 Å². The van der Waals surface area contributed by atoms with Gasteiger partial charge in [0.25, 0.3) is 0 Å². The zero-order valence-electron chi connectivity index (χ0n) is 10.6. The molecule has 0 saturated heterocycles. The Labute approximate surface area is 108 Å². The minimum Gasteiger partial charge on any atom is -0.338 e. The third-order valence-corrected chi connectivity index (χ3v) is 4.12. The normalized spacial score (nSPS) is 20.4. The second-order valence-corrected chi connectivity index (χ2v) is 5.54. The fraction of sp³-hybridized carbons (Fsp3) is 0.533. The molecule has 0 aromatic heterocycles. The van der Waals surface area contributed by atoms with Crippen molar-refractivity contribution in [3.8, 4) is 0 Å². The van der Waals surface area contributed by atoms with Crippen molar-refractivity contribution in [3.05, 3.63) is 35.4 Å². The maximum absolute atomic E-state index is 12.2. The van der Waals surface area contributed by atoms with Crippen LogP contribution in [-0.2, 0) is 17.8 Å². The van der Waals surface area contributed by atoms with Crippen molar-refractivity contribution < 1.29 is 4.79 Å². The summed E-state index contributed by atoms with van der Waals surface area (Å²) < 4.78 is 0. The minimum atomic E-state index is 0.0784. The number of benzene rings is 1. The lowest BCUT2D eigenvalue weighted by molar-refractivity contribution is -0.132. The quantitative estimate of drug-likeness (QED) is 0.879. The van der Waals surface area contributed by atoms with Gasteiger partial charge in [0.1, 0.15) is 0 Å². The summed E-state index contributed by atoms with van der Waals surface area (Å²) in [5, 5.41) is 0. The Morgan fingerprint density at radius 3 is 2.78 bits per heavy atom. The van der Waals surface area contributed by atoms with Crippen LogP contribution in [0.2, 0.25) is 0 Å². The summed E-state index contributed by atoms with van der Waals surface area (Å²) in [4.78, 5) is 14.2. The molecule has 18 heavy (non-hydrogen) atoms. The van der Waals surface area contributed by atoms with Crippen LogP contribution in [0.15, 0.2) is 24.3 Å². The third-order valence-electron chi connectivity index (χ3n) is 4.12. The molecule has 3 heteroatoms. The van der Waals surface area contributed by atoms with E-state index in [1.807, 2.05) is 11.0 Å². The van der Waals surface area contributed by atoms with Crippen LogP contribution in [0.4, 0.5) is 0 Å². The molecule has 1 aromatic rings. The number of carbonyl (C=O) groups excluding carboxylic acids is 1. The Hall–Kier alpha value is -1.35. The lowest BCUT2D eigenvalue weighted by Crippen LogP contribution is -2.39. The zero-order chi connectivity index (χ0) is 12.5. The monoisotopic (exact) mass is 244 g/mol. The number of carbonyl (C=O) groups is 1. The molecule has 1 saturated carbocycles. The van der Waals surface area contributed by atoms with E-state index in [4.69, 9.17) is 5.73 Å². The Kier molecular flexibility index (Phi) is 3.08. The van der Waals surface area contributed by atoms with Gasteiger partial charge in [0.2, 0.25) is 5.91 Å². The Morgan fingerprint density at radius 1 is 1.33 bits per heavy atom. The van der Waals surface area contributed by atoms with Gasteiger partial charge in [-0.15, -0.1) is 0 Å². The van der Waals surface area contributed by atoms with Crippen LogP contribution in [0.1, 0.15) is 30.4 Å². The first-order chi connectivity index (χ1) is 8.74. The lowest BCUT2D eigenvalue weighted by Gasteiger charge is -2.29. The summed E-state index contributed by atoms with van der Waals surface area (Å²) in [6.45, 7) is 1.60. The van der Waals surface area contributed by atoms with Crippen LogP contribution >= 0.6 is 0 Å². The van der Waals surface area contributed by atoms with Gasteiger partial charge in [-0.25, -0.2) is 0 Å². The third kappa shape index (κ3) is 2.41. The number of amides is 1. The van der Waals surface area contributed by atoms with Gasteiger partial charge in [0.05, 0.1) is 0 Å². The largest absolute Gasteiger partial charge is 0.338 e. The maximum atomic E-state index is 12.2. The van der Waals surface area contributed by atoms with E-state index in [1.54, 1.807) is 0 Å². The average molecular weight is 244 g/mol.